The molecule has 4 rings (SSSR count). The molecule has 1 fully saturated rings. The summed E-state index contributed by atoms with van der Waals surface area (Å²) < 4.78 is 21.0. The summed E-state index contributed by atoms with van der Waals surface area (Å²) in [5.74, 6) is 1.03. The molecule has 2 aromatic carbocycles. The number of benzene rings is 2. The molecule has 0 radical (unpaired) electrons. The molecule has 0 aliphatic carbocycles. The highest BCUT2D eigenvalue weighted by Crippen LogP contribution is 2.23. The molecule has 3 aromatic rings. The number of rotatable bonds is 10. The van der Waals surface area contributed by atoms with Gasteiger partial charge in [0.05, 0.1) is 36.1 Å². The molecule has 6 nitrogen and oxygen atoms in total. The third-order valence-electron chi connectivity index (χ3n) is 6.38. The first-order valence-electron chi connectivity index (χ1n) is 12.6. The molecule has 1 aromatic heterocycles. The van der Waals surface area contributed by atoms with Crippen LogP contribution in [0.3, 0.4) is 0 Å². The van der Waals surface area contributed by atoms with Crippen LogP contribution in [0.15, 0.2) is 54.6 Å². The molecular weight excluding hydrogens is 479 g/mol. The van der Waals surface area contributed by atoms with Crippen LogP contribution in [0.2, 0.25) is 5.02 Å². The second-order valence-electron chi connectivity index (χ2n) is 9.86. The zero-order valence-corrected chi connectivity index (χ0v) is 21.7. The SMILES string of the molecule is CC(C)Cc1cc(CC(=O)NCN2CCC(COc3ccc(F)c(Cl)c3)CC2)nn1-c1ccccc1. The minimum Gasteiger partial charge on any atom is -0.493 e. The lowest BCUT2D eigenvalue weighted by Crippen LogP contribution is -2.43. The van der Waals surface area contributed by atoms with Gasteiger partial charge in [-0.25, -0.2) is 9.07 Å². The predicted octanol–water partition coefficient (Wildman–Crippen LogP) is 5.27. The first-order valence-corrected chi connectivity index (χ1v) is 13.0. The van der Waals surface area contributed by atoms with E-state index in [1.165, 1.54) is 12.1 Å². The lowest BCUT2D eigenvalue weighted by Gasteiger charge is -2.31. The van der Waals surface area contributed by atoms with Gasteiger partial charge in [0, 0.05) is 24.8 Å². The van der Waals surface area contributed by atoms with Crippen LogP contribution in [0.1, 0.15) is 38.1 Å². The number of amides is 1. The standard InChI is InChI=1S/C28H34ClFN4O2/c1-20(2)14-24-15-22(32-34(24)23-6-4-3-5-7-23)16-28(35)31-19-33-12-10-21(11-13-33)18-36-25-8-9-27(30)26(29)17-25/h3-9,15,17,20-21H,10-14,16,18-19H2,1-2H3,(H,31,35). The lowest BCUT2D eigenvalue weighted by atomic mass is 9.98. The zero-order valence-electron chi connectivity index (χ0n) is 20.9. The van der Waals surface area contributed by atoms with Crippen molar-refractivity contribution in [3.8, 4) is 11.4 Å². The Hall–Kier alpha value is -2.90. The summed E-state index contributed by atoms with van der Waals surface area (Å²) in [5.41, 5.74) is 2.91. The molecule has 1 amide bonds. The summed E-state index contributed by atoms with van der Waals surface area (Å²) >= 11 is 5.82. The van der Waals surface area contributed by atoms with Gasteiger partial charge >= 0.3 is 0 Å². The van der Waals surface area contributed by atoms with Crippen LogP contribution in [0.4, 0.5) is 4.39 Å². The van der Waals surface area contributed by atoms with Crippen molar-refractivity contribution in [3.63, 3.8) is 0 Å². The maximum atomic E-state index is 13.3. The predicted molar refractivity (Wildman–Crippen MR) is 140 cm³/mol. The average Bonchev–Trinajstić information content (AvgIpc) is 3.25. The van der Waals surface area contributed by atoms with Crippen LogP contribution in [-0.2, 0) is 17.6 Å². The van der Waals surface area contributed by atoms with E-state index < -0.39 is 5.82 Å². The second kappa shape index (κ2) is 12.4. The summed E-state index contributed by atoms with van der Waals surface area (Å²) in [6, 6.07) is 16.5. The Morgan fingerprint density at radius 3 is 2.61 bits per heavy atom. The highest BCUT2D eigenvalue weighted by atomic mass is 35.5. The van der Waals surface area contributed by atoms with Gasteiger partial charge in [-0.1, -0.05) is 43.6 Å². The molecular formula is C28H34ClFN4O2. The van der Waals surface area contributed by atoms with E-state index in [0.29, 0.717) is 30.9 Å². The number of hydrogen-bond donors (Lipinski definition) is 1. The van der Waals surface area contributed by atoms with E-state index in [0.717, 1.165) is 49.4 Å². The first-order chi connectivity index (χ1) is 17.4. The van der Waals surface area contributed by atoms with E-state index >= 15 is 0 Å². The fraction of sp³-hybridized carbons (Fsp3) is 0.429. The highest BCUT2D eigenvalue weighted by Gasteiger charge is 2.21. The number of carbonyl (C=O) groups is 1. The summed E-state index contributed by atoms with van der Waals surface area (Å²) in [6.07, 6.45) is 3.11. The molecule has 0 unspecified atom stereocenters. The fourth-order valence-electron chi connectivity index (χ4n) is 4.44. The van der Waals surface area contributed by atoms with E-state index in [9.17, 15) is 9.18 Å². The summed E-state index contributed by atoms with van der Waals surface area (Å²) in [4.78, 5) is 14.9. The quantitative estimate of drug-likeness (QED) is 0.402. The normalized spacial score (nSPS) is 14.8. The van der Waals surface area contributed by atoms with Crippen molar-refractivity contribution in [1.29, 1.82) is 0 Å². The smallest absolute Gasteiger partial charge is 0.227 e. The number of halogens is 2. The Bertz CT molecular complexity index is 1140. The van der Waals surface area contributed by atoms with Crippen molar-refractivity contribution in [3.05, 3.63) is 76.8 Å². The Labute approximate surface area is 217 Å². The summed E-state index contributed by atoms with van der Waals surface area (Å²) in [6.45, 7) is 7.24. The Kier molecular flexibility index (Phi) is 8.99. The van der Waals surface area contributed by atoms with Gasteiger partial charge in [0.15, 0.2) is 0 Å². The van der Waals surface area contributed by atoms with Crippen LogP contribution in [0.25, 0.3) is 5.69 Å². The van der Waals surface area contributed by atoms with Crippen molar-refractivity contribution < 1.29 is 13.9 Å². The summed E-state index contributed by atoms with van der Waals surface area (Å²) in [7, 11) is 0. The maximum absolute atomic E-state index is 13.3. The zero-order chi connectivity index (χ0) is 25.5. The molecule has 1 N–H and O–H groups in total. The van der Waals surface area contributed by atoms with Crippen LogP contribution >= 0.6 is 11.6 Å². The summed E-state index contributed by atoms with van der Waals surface area (Å²) in [5, 5.41) is 7.85. The van der Waals surface area contributed by atoms with Crippen LogP contribution < -0.4 is 10.1 Å². The van der Waals surface area contributed by atoms with E-state index in [-0.39, 0.29) is 17.4 Å². The monoisotopic (exact) mass is 512 g/mol. The average molecular weight is 513 g/mol. The maximum Gasteiger partial charge on any atom is 0.227 e. The van der Waals surface area contributed by atoms with Crippen molar-refractivity contribution >= 4 is 17.5 Å². The number of carbonyl (C=O) groups excluding carboxylic acids is 1. The number of nitrogens with one attached hydrogen (secondary N) is 1. The van der Waals surface area contributed by atoms with Crippen LogP contribution in [-0.4, -0.2) is 47.0 Å². The van der Waals surface area contributed by atoms with E-state index in [4.69, 9.17) is 21.4 Å². The number of para-hydroxylation sites is 1. The van der Waals surface area contributed by atoms with E-state index in [1.807, 2.05) is 41.1 Å². The number of likely N-dealkylation sites (tertiary alicyclic amines) is 1. The fourth-order valence-corrected chi connectivity index (χ4v) is 4.61. The molecule has 2 heterocycles. The molecule has 8 heteroatoms. The van der Waals surface area contributed by atoms with Crippen molar-refractivity contribution in [1.82, 2.24) is 20.0 Å². The Morgan fingerprint density at radius 2 is 1.92 bits per heavy atom. The largest absolute Gasteiger partial charge is 0.493 e. The van der Waals surface area contributed by atoms with Gasteiger partial charge in [-0.3, -0.25) is 9.69 Å². The first kappa shape index (κ1) is 26.2. The molecule has 1 aliphatic rings. The van der Waals surface area contributed by atoms with Gasteiger partial charge in [-0.05, 0) is 61.4 Å². The molecule has 36 heavy (non-hydrogen) atoms. The minimum atomic E-state index is -0.445. The molecule has 1 saturated heterocycles. The van der Waals surface area contributed by atoms with Gasteiger partial charge in [0.2, 0.25) is 5.91 Å². The van der Waals surface area contributed by atoms with Gasteiger partial charge in [-0.15, -0.1) is 0 Å². The van der Waals surface area contributed by atoms with Gasteiger partial charge in [-0.2, -0.15) is 5.10 Å². The minimum absolute atomic E-state index is 0.0255. The third kappa shape index (κ3) is 7.31. The number of ether oxygens (including phenoxy) is 1. The Balaban J connectivity index is 1.22. The van der Waals surface area contributed by atoms with Crippen molar-refractivity contribution in [2.45, 2.75) is 39.5 Å². The second-order valence-corrected chi connectivity index (χ2v) is 10.3. The molecule has 1 aliphatic heterocycles. The van der Waals surface area contributed by atoms with E-state index in [1.54, 1.807) is 6.07 Å². The highest BCUT2D eigenvalue weighted by molar-refractivity contribution is 6.30. The number of piperidine rings is 1. The van der Waals surface area contributed by atoms with Gasteiger partial charge in [0.1, 0.15) is 11.6 Å². The number of hydrogen-bond acceptors (Lipinski definition) is 4. The van der Waals surface area contributed by atoms with Crippen LogP contribution in [0.5, 0.6) is 5.75 Å². The molecule has 0 atom stereocenters. The molecule has 192 valence electrons. The van der Waals surface area contributed by atoms with Crippen molar-refractivity contribution in [2.24, 2.45) is 11.8 Å². The van der Waals surface area contributed by atoms with Crippen molar-refractivity contribution in [2.75, 3.05) is 26.4 Å². The van der Waals surface area contributed by atoms with Gasteiger partial charge in [0.25, 0.3) is 0 Å². The topological polar surface area (TPSA) is 59.4 Å². The van der Waals surface area contributed by atoms with Gasteiger partial charge < -0.3 is 10.1 Å². The van der Waals surface area contributed by atoms with Crippen LogP contribution in [0, 0.1) is 17.7 Å². The lowest BCUT2D eigenvalue weighted by molar-refractivity contribution is -0.121. The molecule has 0 saturated carbocycles. The number of nitrogens with zero attached hydrogens (tertiary/aromatic N) is 3. The number of aromatic nitrogens is 2. The molecule has 0 spiro atoms. The third-order valence-corrected chi connectivity index (χ3v) is 6.67. The Morgan fingerprint density at radius 1 is 1.17 bits per heavy atom. The molecule has 0 bridgehead atoms. The van der Waals surface area contributed by atoms with E-state index in [2.05, 4.69) is 24.1 Å².